The molecule has 3 nitrogen and oxygen atoms in total. The molecular formula is C12H3F6NO2. The van der Waals surface area contributed by atoms with Gasteiger partial charge in [-0.25, -0.2) is 31.7 Å². The third-order valence-electron chi connectivity index (χ3n) is 2.57. The number of pyridine rings is 1. The maximum atomic E-state index is 13.5. The van der Waals surface area contributed by atoms with Gasteiger partial charge in [0.1, 0.15) is 0 Å². The van der Waals surface area contributed by atoms with E-state index < -0.39 is 57.7 Å². The van der Waals surface area contributed by atoms with E-state index in [2.05, 4.69) is 4.98 Å². The smallest absolute Gasteiger partial charge is 0.337 e. The van der Waals surface area contributed by atoms with Crippen LogP contribution in [0.1, 0.15) is 10.4 Å². The summed E-state index contributed by atoms with van der Waals surface area (Å²) in [5.41, 5.74) is -3.42. The molecule has 110 valence electrons. The van der Waals surface area contributed by atoms with Crippen LogP contribution in [0.5, 0.6) is 0 Å². The average Bonchev–Trinajstić information content (AvgIpc) is 2.45. The van der Waals surface area contributed by atoms with Gasteiger partial charge < -0.3 is 5.11 Å². The Morgan fingerprint density at radius 3 is 1.86 bits per heavy atom. The zero-order chi connectivity index (χ0) is 15.9. The van der Waals surface area contributed by atoms with Crippen molar-refractivity contribution in [1.29, 1.82) is 0 Å². The van der Waals surface area contributed by atoms with Gasteiger partial charge in [-0.05, 0) is 6.07 Å². The van der Waals surface area contributed by atoms with Crippen molar-refractivity contribution in [2.75, 3.05) is 0 Å². The van der Waals surface area contributed by atoms with Crippen LogP contribution in [0.3, 0.4) is 0 Å². The summed E-state index contributed by atoms with van der Waals surface area (Å²) in [6.07, 6.45) is 0.535. The average molecular weight is 307 g/mol. The van der Waals surface area contributed by atoms with E-state index in [0.29, 0.717) is 12.3 Å². The second-order valence-corrected chi connectivity index (χ2v) is 3.81. The molecule has 0 amide bonds. The highest BCUT2D eigenvalue weighted by Crippen LogP contribution is 2.32. The number of hydrogen-bond donors (Lipinski definition) is 1. The first-order chi connectivity index (χ1) is 9.75. The van der Waals surface area contributed by atoms with Gasteiger partial charge in [0.05, 0.1) is 11.1 Å². The van der Waals surface area contributed by atoms with Gasteiger partial charge in [0.15, 0.2) is 23.3 Å². The maximum Gasteiger partial charge on any atom is 0.337 e. The van der Waals surface area contributed by atoms with E-state index in [1.807, 2.05) is 0 Å². The Balaban J connectivity index is 2.85. The van der Waals surface area contributed by atoms with E-state index in [9.17, 15) is 31.1 Å². The minimum absolute atomic E-state index is 0.420. The van der Waals surface area contributed by atoms with Gasteiger partial charge in [-0.3, -0.25) is 0 Å². The zero-order valence-corrected chi connectivity index (χ0v) is 9.73. The molecule has 0 bridgehead atoms. The second-order valence-electron chi connectivity index (χ2n) is 3.81. The molecular weight excluding hydrogens is 304 g/mol. The van der Waals surface area contributed by atoms with Crippen molar-refractivity contribution in [1.82, 2.24) is 4.98 Å². The molecule has 1 N–H and O–H groups in total. The van der Waals surface area contributed by atoms with E-state index in [1.54, 1.807) is 0 Å². The predicted octanol–water partition coefficient (Wildman–Crippen LogP) is 3.28. The summed E-state index contributed by atoms with van der Waals surface area (Å²) in [4.78, 5) is 13.6. The van der Waals surface area contributed by atoms with Crippen LogP contribution in [0.2, 0.25) is 0 Å². The van der Waals surface area contributed by atoms with Crippen molar-refractivity contribution in [3.63, 3.8) is 0 Å². The van der Waals surface area contributed by atoms with Crippen molar-refractivity contribution in [3.05, 3.63) is 52.9 Å². The zero-order valence-electron chi connectivity index (χ0n) is 9.73. The Kier molecular flexibility index (Phi) is 3.58. The number of aromatic carboxylic acids is 1. The molecule has 0 aliphatic rings. The molecule has 0 saturated heterocycles. The van der Waals surface area contributed by atoms with Crippen LogP contribution in [-0.4, -0.2) is 16.1 Å². The standard InChI is InChI=1S/C12H3F6NO2/c13-6-5(7(14)9(16)10(17)8(6)15)4-1-3(12(20)21)2-19-11(4)18/h1-2H,(H,20,21). The second kappa shape index (κ2) is 5.08. The SMILES string of the molecule is O=C(O)c1cnc(F)c(-c2c(F)c(F)c(F)c(F)c2F)c1. The van der Waals surface area contributed by atoms with Crippen molar-refractivity contribution in [2.24, 2.45) is 0 Å². The summed E-state index contributed by atoms with van der Waals surface area (Å²) >= 11 is 0. The molecule has 1 aromatic carbocycles. The molecule has 0 spiro atoms. The molecule has 0 radical (unpaired) electrons. The molecule has 0 fully saturated rings. The number of benzene rings is 1. The van der Waals surface area contributed by atoms with Crippen LogP contribution in [0, 0.1) is 35.0 Å². The third kappa shape index (κ3) is 2.30. The summed E-state index contributed by atoms with van der Waals surface area (Å²) in [7, 11) is 0. The lowest BCUT2D eigenvalue weighted by atomic mass is 10.0. The number of hydrogen-bond acceptors (Lipinski definition) is 2. The number of rotatable bonds is 2. The molecule has 9 heteroatoms. The molecule has 2 aromatic rings. The maximum absolute atomic E-state index is 13.5. The Bertz CT molecular complexity index is 733. The molecule has 0 saturated carbocycles. The minimum atomic E-state index is -2.41. The highest BCUT2D eigenvalue weighted by Gasteiger charge is 2.28. The van der Waals surface area contributed by atoms with Gasteiger partial charge in [-0.2, -0.15) is 4.39 Å². The number of halogens is 6. The van der Waals surface area contributed by atoms with Crippen LogP contribution in [0.4, 0.5) is 26.3 Å². The summed E-state index contributed by atoms with van der Waals surface area (Å²) in [6, 6.07) is 0.420. The largest absolute Gasteiger partial charge is 0.478 e. The normalized spacial score (nSPS) is 10.8. The highest BCUT2D eigenvalue weighted by atomic mass is 19.2. The van der Waals surface area contributed by atoms with Crippen LogP contribution in [0.15, 0.2) is 12.3 Å². The lowest BCUT2D eigenvalue weighted by Gasteiger charge is -2.09. The summed E-state index contributed by atoms with van der Waals surface area (Å²) < 4.78 is 79.6. The van der Waals surface area contributed by atoms with Crippen molar-refractivity contribution in [2.45, 2.75) is 0 Å². The summed E-state index contributed by atoms with van der Waals surface area (Å²) in [5, 5.41) is 8.68. The van der Waals surface area contributed by atoms with E-state index in [-0.39, 0.29) is 0 Å². The van der Waals surface area contributed by atoms with Gasteiger partial charge >= 0.3 is 5.97 Å². The minimum Gasteiger partial charge on any atom is -0.478 e. The fourth-order valence-corrected chi connectivity index (χ4v) is 1.58. The molecule has 0 atom stereocenters. The van der Waals surface area contributed by atoms with Gasteiger partial charge in [0, 0.05) is 11.8 Å². The van der Waals surface area contributed by atoms with E-state index in [4.69, 9.17) is 5.11 Å². The number of aromatic nitrogens is 1. The topological polar surface area (TPSA) is 50.2 Å². The van der Waals surface area contributed by atoms with Crippen molar-refractivity contribution in [3.8, 4) is 11.1 Å². The van der Waals surface area contributed by atoms with E-state index >= 15 is 0 Å². The number of carboxylic acid groups (broad SMARTS) is 1. The first-order valence-corrected chi connectivity index (χ1v) is 5.16. The molecule has 0 aliphatic heterocycles. The summed E-state index contributed by atoms with van der Waals surface area (Å²) in [5.74, 6) is -14.7. The Morgan fingerprint density at radius 1 is 0.905 bits per heavy atom. The van der Waals surface area contributed by atoms with Crippen LogP contribution >= 0.6 is 0 Å². The molecule has 1 heterocycles. The molecule has 21 heavy (non-hydrogen) atoms. The fourth-order valence-electron chi connectivity index (χ4n) is 1.58. The highest BCUT2D eigenvalue weighted by molar-refractivity contribution is 5.89. The lowest BCUT2D eigenvalue weighted by Crippen LogP contribution is -2.07. The molecule has 2 rings (SSSR count). The Hall–Kier alpha value is -2.58. The first-order valence-electron chi connectivity index (χ1n) is 5.16. The Labute approximate surface area is 112 Å². The predicted molar refractivity (Wildman–Crippen MR) is 56.4 cm³/mol. The van der Waals surface area contributed by atoms with Gasteiger partial charge in [-0.1, -0.05) is 0 Å². The van der Waals surface area contributed by atoms with Gasteiger partial charge in [0.25, 0.3) is 0 Å². The van der Waals surface area contributed by atoms with Crippen molar-refractivity contribution < 1.29 is 36.2 Å². The van der Waals surface area contributed by atoms with Crippen LogP contribution < -0.4 is 0 Å². The van der Waals surface area contributed by atoms with Crippen LogP contribution in [0.25, 0.3) is 11.1 Å². The quantitative estimate of drug-likeness (QED) is 0.401. The Morgan fingerprint density at radius 2 is 1.38 bits per heavy atom. The van der Waals surface area contributed by atoms with Gasteiger partial charge in [-0.15, -0.1) is 0 Å². The monoisotopic (exact) mass is 307 g/mol. The molecule has 1 aromatic heterocycles. The van der Waals surface area contributed by atoms with Gasteiger partial charge in [0.2, 0.25) is 11.8 Å². The number of nitrogens with zero attached hydrogens (tertiary/aromatic N) is 1. The third-order valence-corrected chi connectivity index (χ3v) is 2.57. The molecule has 0 aliphatic carbocycles. The van der Waals surface area contributed by atoms with Crippen LogP contribution in [-0.2, 0) is 0 Å². The number of carboxylic acids is 1. The fraction of sp³-hybridized carbons (Fsp3) is 0. The number of carbonyl (C=O) groups is 1. The van der Waals surface area contributed by atoms with Crippen molar-refractivity contribution >= 4 is 5.97 Å². The molecule has 0 unspecified atom stereocenters. The first kappa shape index (κ1) is 14.8. The van der Waals surface area contributed by atoms with E-state index in [1.165, 1.54) is 0 Å². The summed E-state index contributed by atoms with van der Waals surface area (Å²) in [6.45, 7) is 0. The lowest BCUT2D eigenvalue weighted by molar-refractivity contribution is 0.0696. The van der Waals surface area contributed by atoms with E-state index in [0.717, 1.165) is 0 Å².